The van der Waals surface area contributed by atoms with Crippen LogP contribution in [0.15, 0.2) is 0 Å². The van der Waals surface area contributed by atoms with Crippen LogP contribution in [0.5, 0.6) is 0 Å². The topological polar surface area (TPSA) is 29.9 Å². The maximum Gasteiger partial charge on any atom is 0.0849 e. The Hall–Kier alpha value is -0.540. The molecule has 0 aliphatic heterocycles. The highest BCUT2D eigenvalue weighted by molar-refractivity contribution is 6.31. The van der Waals surface area contributed by atoms with Gasteiger partial charge in [-0.15, -0.1) is 0 Å². The van der Waals surface area contributed by atoms with Crippen LogP contribution in [0.25, 0.3) is 0 Å². The third-order valence-electron chi connectivity index (χ3n) is 3.37. The lowest BCUT2D eigenvalue weighted by atomic mass is 9.97. The molecule has 0 amide bonds. The van der Waals surface area contributed by atoms with Gasteiger partial charge in [0.2, 0.25) is 0 Å². The molecule has 4 heteroatoms. The van der Waals surface area contributed by atoms with Crippen LogP contribution in [-0.2, 0) is 19.4 Å². The lowest BCUT2D eigenvalue weighted by molar-refractivity contribution is 0.439. The lowest BCUT2D eigenvalue weighted by Gasteiger charge is -2.16. The molecule has 1 rings (SSSR count). The fourth-order valence-electron chi connectivity index (χ4n) is 2.46. The number of hydrogen-bond donors (Lipinski definition) is 1. The highest BCUT2D eigenvalue weighted by Gasteiger charge is 2.18. The van der Waals surface area contributed by atoms with E-state index in [4.69, 9.17) is 11.6 Å². The molecule has 0 fully saturated rings. The molecule has 18 heavy (non-hydrogen) atoms. The van der Waals surface area contributed by atoms with Crippen LogP contribution in [0.1, 0.15) is 45.0 Å². The number of aromatic nitrogens is 2. The summed E-state index contributed by atoms with van der Waals surface area (Å²) in [6, 6.07) is 0. The standard InChI is InChI=1S/C14H26ClN3/c1-5-8-11(10-16-4)9-13-14(15)12(6-2)17-18(13)7-3/h11,16H,5-10H2,1-4H3. The highest BCUT2D eigenvalue weighted by atomic mass is 35.5. The summed E-state index contributed by atoms with van der Waals surface area (Å²) in [4.78, 5) is 0. The van der Waals surface area contributed by atoms with E-state index < -0.39 is 0 Å². The van der Waals surface area contributed by atoms with Crippen LogP contribution in [0.4, 0.5) is 0 Å². The van der Waals surface area contributed by atoms with Crippen molar-refractivity contribution < 1.29 is 0 Å². The first-order valence-electron chi connectivity index (χ1n) is 7.06. The van der Waals surface area contributed by atoms with Gasteiger partial charge >= 0.3 is 0 Å². The first-order chi connectivity index (χ1) is 8.67. The number of nitrogens with one attached hydrogen (secondary N) is 1. The molecule has 3 nitrogen and oxygen atoms in total. The molecule has 1 atom stereocenters. The summed E-state index contributed by atoms with van der Waals surface area (Å²) in [6.45, 7) is 8.40. The summed E-state index contributed by atoms with van der Waals surface area (Å²) in [5, 5.41) is 8.75. The summed E-state index contributed by atoms with van der Waals surface area (Å²) < 4.78 is 2.07. The minimum Gasteiger partial charge on any atom is -0.319 e. The van der Waals surface area contributed by atoms with Gasteiger partial charge in [-0.3, -0.25) is 4.68 Å². The number of rotatable bonds is 8. The Labute approximate surface area is 116 Å². The number of halogens is 1. The van der Waals surface area contributed by atoms with E-state index in [2.05, 4.69) is 35.9 Å². The second kappa shape index (κ2) is 7.80. The molecule has 0 aliphatic rings. The predicted molar refractivity (Wildman–Crippen MR) is 78.3 cm³/mol. The molecule has 1 aromatic rings. The van der Waals surface area contributed by atoms with Gasteiger partial charge in [0.1, 0.15) is 0 Å². The molecular weight excluding hydrogens is 246 g/mol. The normalized spacial score (nSPS) is 12.9. The van der Waals surface area contributed by atoms with E-state index in [1.54, 1.807) is 0 Å². The van der Waals surface area contributed by atoms with Crippen molar-refractivity contribution in [1.29, 1.82) is 0 Å². The van der Waals surface area contributed by atoms with Crippen molar-refractivity contribution in [3.63, 3.8) is 0 Å². The van der Waals surface area contributed by atoms with E-state index in [0.29, 0.717) is 5.92 Å². The monoisotopic (exact) mass is 271 g/mol. The van der Waals surface area contributed by atoms with E-state index in [-0.39, 0.29) is 0 Å². The van der Waals surface area contributed by atoms with Gasteiger partial charge in [-0.25, -0.2) is 0 Å². The van der Waals surface area contributed by atoms with Crippen molar-refractivity contribution in [2.75, 3.05) is 13.6 Å². The molecule has 1 N–H and O–H groups in total. The fraction of sp³-hybridized carbons (Fsp3) is 0.786. The van der Waals surface area contributed by atoms with Crippen molar-refractivity contribution >= 4 is 11.6 Å². The average Bonchev–Trinajstić information content (AvgIpc) is 2.67. The summed E-state index contributed by atoms with van der Waals surface area (Å²) >= 11 is 6.45. The molecular formula is C14H26ClN3. The Kier molecular flexibility index (Phi) is 6.72. The van der Waals surface area contributed by atoms with Crippen LogP contribution in [0, 0.1) is 5.92 Å². The van der Waals surface area contributed by atoms with Crippen molar-refractivity contribution in [3.05, 3.63) is 16.4 Å². The molecule has 0 saturated carbocycles. The zero-order valence-electron chi connectivity index (χ0n) is 12.1. The Morgan fingerprint density at radius 3 is 2.56 bits per heavy atom. The van der Waals surface area contributed by atoms with E-state index in [9.17, 15) is 0 Å². The Morgan fingerprint density at radius 2 is 2.06 bits per heavy atom. The molecule has 0 aromatic carbocycles. The van der Waals surface area contributed by atoms with E-state index in [0.717, 1.165) is 36.6 Å². The third-order valence-corrected chi connectivity index (χ3v) is 3.80. The fourth-order valence-corrected chi connectivity index (χ4v) is 2.81. The number of aryl methyl sites for hydroxylation is 2. The van der Waals surface area contributed by atoms with Crippen molar-refractivity contribution in [1.82, 2.24) is 15.1 Å². The average molecular weight is 272 g/mol. The Morgan fingerprint density at radius 1 is 1.33 bits per heavy atom. The second-order valence-electron chi connectivity index (χ2n) is 4.79. The van der Waals surface area contributed by atoms with Gasteiger partial charge in [-0.2, -0.15) is 5.10 Å². The highest BCUT2D eigenvalue weighted by Crippen LogP contribution is 2.25. The SMILES string of the molecule is CCCC(CNC)Cc1c(Cl)c(CC)nn1CC. The quantitative estimate of drug-likeness (QED) is 0.786. The Bertz CT molecular complexity index is 354. The first-order valence-corrected chi connectivity index (χ1v) is 7.44. The molecule has 104 valence electrons. The largest absolute Gasteiger partial charge is 0.319 e. The maximum atomic E-state index is 6.45. The molecule has 0 spiro atoms. The minimum absolute atomic E-state index is 0.643. The minimum atomic E-state index is 0.643. The van der Waals surface area contributed by atoms with E-state index >= 15 is 0 Å². The zero-order valence-corrected chi connectivity index (χ0v) is 12.8. The van der Waals surface area contributed by atoms with Gasteiger partial charge in [0.15, 0.2) is 0 Å². The van der Waals surface area contributed by atoms with Gasteiger partial charge in [-0.1, -0.05) is 31.9 Å². The van der Waals surface area contributed by atoms with Gasteiger partial charge in [0.25, 0.3) is 0 Å². The Balaban J connectivity index is 2.89. The molecule has 0 bridgehead atoms. The van der Waals surface area contributed by atoms with E-state index in [1.165, 1.54) is 18.5 Å². The van der Waals surface area contributed by atoms with Crippen LogP contribution in [0.3, 0.4) is 0 Å². The first kappa shape index (κ1) is 15.5. The second-order valence-corrected chi connectivity index (χ2v) is 5.17. The predicted octanol–water partition coefficient (Wildman–Crippen LogP) is 3.30. The molecule has 0 radical (unpaired) electrons. The molecule has 1 heterocycles. The number of hydrogen-bond acceptors (Lipinski definition) is 2. The van der Waals surface area contributed by atoms with Crippen LogP contribution >= 0.6 is 11.6 Å². The van der Waals surface area contributed by atoms with Gasteiger partial charge < -0.3 is 5.32 Å². The summed E-state index contributed by atoms with van der Waals surface area (Å²) in [5.41, 5.74) is 2.25. The zero-order chi connectivity index (χ0) is 13.5. The van der Waals surface area contributed by atoms with Crippen molar-refractivity contribution in [2.24, 2.45) is 5.92 Å². The molecule has 1 aromatic heterocycles. The van der Waals surface area contributed by atoms with Crippen LogP contribution in [0.2, 0.25) is 5.02 Å². The van der Waals surface area contributed by atoms with Gasteiger partial charge in [-0.05, 0) is 45.7 Å². The van der Waals surface area contributed by atoms with Crippen LogP contribution < -0.4 is 5.32 Å². The molecule has 1 unspecified atom stereocenters. The summed E-state index contributed by atoms with van der Waals surface area (Å²) in [5.74, 6) is 0.643. The van der Waals surface area contributed by atoms with E-state index in [1.807, 2.05) is 7.05 Å². The van der Waals surface area contributed by atoms with Gasteiger partial charge in [0.05, 0.1) is 16.4 Å². The summed E-state index contributed by atoms with van der Waals surface area (Å²) in [6.07, 6.45) is 4.37. The van der Waals surface area contributed by atoms with Crippen LogP contribution in [-0.4, -0.2) is 23.4 Å². The number of nitrogens with zero attached hydrogens (tertiary/aromatic N) is 2. The molecule has 0 aliphatic carbocycles. The smallest absolute Gasteiger partial charge is 0.0849 e. The summed E-state index contributed by atoms with van der Waals surface area (Å²) in [7, 11) is 2.01. The third kappa shape index (κ3) is 3.72. The lowest BCUT2D eigenvalue weighted by Crippen LogP contribution is -2.22. The van der Waals surface area contributed by atoms with Crippen molar-refractivity contribution in [3.8, 4) is 0 Å². The maximum absolute atomic E-state index is 6.45. The van der Waals surface area contributed by atoms with Crippen molar-refractivity contribution in [2.45, 2.75) is 53.0 Å². The van der Waals surface area contributed by atoms with Gasteiger partial charge in [0, 0.05) is 6.54 Å². The molecule has 0 saturated heterocycles.